The molecule has 1 rings (SSSR count). The van der Waals surface area contributed by atoms with E-state index >= 15 is 0 Å². The van der Waals surface area contributed by atoms with Crippen molar-refractivity contribution in [1.82, 2.24) is 5.32 Å². The van der Waals surface area contributed by atoms with Crippen molar-refractivity contribution in [3.63, 3.8) is 0 Å². The van der Waals surface area contributed by atoms with Crippen LogP contribution in [0.15, 0.2) is 28.7 Å². The fourth-order valence-electron chi connectivity index (χ4n) is 1.59. The Bertz CT molecular complexity index is 320. The molecule has 0 aliphatic rings. The van der Waals surface area contributed by atoms with Crippen LogP contribution in [0.4, 0.5) is 0 Å². The van der Waals surface area contributed by atoms with Crippen molar-refractivity contribution in [3.8, 4) is 0 Å². The van der Waals surface area contributed by atoms with E-state index in [4.69, 9.17) is 9.47 Å². The van der Waals surface area contributed by atoms with Crippen LogP contribution in [-0.2, 0) is 9.47 Å². The topological polar surface area (TPSA) is 30.5 Å². The molecule has 0 aromatic heterocycles. The maximum atomic E-state index is 5.86. The van der Waals surface area contributed by atoms with Crippen LogP contribution in [0, 0.1) is 0 Å². The van der Waals surface area contributed by atoms with Crippen LogP contribution in [0.5, 0.6) is 0 Å². The summed E-state index contributed by atoms with van der Waals surface area (Å²) in [5, 5.41) is 3.16. The molecule has 3 nitrogen and oxygen atoms in total. The normalized spacial score (nSPS) is 12.6. The Kier molecular flexibility index (Phi) is 7.44. The Morgan fingerprint density at radius 3 is 2.82 bits per heavy atom. The van der Waals surface area contributed by atoms with E-state index in [9.17, 15) is 0 Å². The molecule has 0 aliphatic carbocycles. The van der Waals surface area contributed by atoms with E-state index in [1.54, 1.807) is 7.11 Å². The van der Waals surface area contributed by atoms with Crippen LogP contribution >= 0.6 is 15.9 Å². The second kappa shape index (κ2) is 8.64. The molecular formula is C13H20BrNO2. The quantitative estimate of drug-likeness (QED) is 0.749. The molecule has 0 saturated carbocycles. The molecule has 0 aliphatic heterocycles. The molecule has 1 atom stereocenters. The summed E-state index contributed by atoms with van der Waals surface area (Å²) in [6.45, 7) is 2.26. The Morgan fingerprint density at radius 1 is 1.35 bits per heavy atom. The fraction of sp³-hybridized carbons (Fsp3) is 0.538. The minimum atomic E-state index is 0.0920. The van der Waals surface area contributed by atoms with E-state index in [0.29, 0.717) is 6.61 Å². The lowest BCUT2D eigenvalue weighted by atomic mass is 10.1. The minimum absolute atomic E-state index is 0.0920. The molecule has 0 amide bonds. The van der Waals surface area contributed by atoms with Crippen molar-refractivity contribution in [3.05, 3.63) is 34.3 Å². The second-order valence-corrected chi connectivity index (χ2v) is 4.73. The SMILES string of the molecule is CNCC(OCCCOC)c1cccc(Br)c1. The van der Waals surface area contributed by atoms with Crippen LogP contribution in [0.3, 0.4) is 0 Å². The van der Waals surface area contributed by atoms with Crippen molar-refractivity contribution < 1.29 is 9.47 Å². The predicted octanol–water partition coefficient (Wildman–Crippen LogP) is 2.76. The van der Waals surface area contributed by atoms with Gasteiger partial charge in [-0.15, -0.1) is 0 Å². The summed E-state index contributed by atoms with van der Waals surface area (Å²) in [5.41, 5.74) is 1.19. The molecule has 0 saturated heterocycles. The number of hydrogen-bond acceptors (Lipinski definition) is 3. The molecule has 0 spiro atoms. The van der Waals surface area contributed by atoms with Gasteiger partial charge in [0.05, 0.1) is 6.10 Å². The summed E-state index contributed by atoms with van der Waals surface area (Å²) in [7, 11) is 3.64. The highest BCUT2D eigenvalue weighted by molar-refractivity contribution is 9.10. The zero-order valence-corrected chi connectivity index (χ0v) is 12.0. The molecule has 0 fully saturated rings. The number of likely N-dealkylation sites (N-methyl/N-ethyl adjacent to an activating group) is 1. The molecule has 1 aromatic carbocycles. The Labute approximate surface area is 112 Å². The third-order valence-electron chi connectivity index (χ3n) is 2.42. The third-order valence-corrected chi connectivity index (χ3v) is 2.92. The van der Waals surface area contributed by atoms with Gasteiger partial charge in [-0.2, -0.15) is 0 Å². The number of halogens is 1. The average molecular weight is 302 g/mol. The molecule has 17 heavy (non-hydrogen) atoms. The summed E-state index contributed by atoms with van der Waals surface area (Å²) in [4.78, 5) is 0. The van der Waals surface area contributed by atoms with Gasteiger partial charge < -0.3 is 14.8 Å². The van der Waals surface area contributed by atoms with E-state index < -0.39 is 0 Å². The van der Waals surface area contributed by atoms with Gasteiger partial charge in [-0.1, -0.05) is 28.1 Å². The first-order valence-corrected chi connectivity index (χ1v) is 6.58. The molecule has 0 radical (unpaired) electrons. The van der Waals surface area contributed by atoms with Gasteiger partial charge in [-0.05, 0) is 31.2 Å². The minimum Gasteiger partial charge on any atom is -0.385 e. The maximum Gasteiger partial charge on any atom is 0.0949 e. The number of methoxy groups -OCH3 is 1. The fourth-order valence-corrected chi connectivity index (χ4v) is 2.01. The molecular weight excluding hydrogens is 282 g/mol. The number of ether oxygens (including phenoxy) is 2. The average Bonchev–Trinajstić information content (AvgIpc) is 2.33. The van der Waals surface area contributed by atoms with Gasteiger partial charge in [0.2, 0.25) is 0 Å². The lowest BCUT2D eigenvalue weighted by Gasteiger charge is -2.18. The first-order chi connectivity index (χ1) is 8.27. The van der Waals surface area contributed by atoms with E-state index in [1.807, 2.05) is 19.2 Å². The lowest BCUT2D eigenvalue weighted by Crippen LogP contribution is -2.20. The van der Waals surface area contributed by atoms with Gasteiger partial charge in [-0.25, -0.2) is 0 Å². The van der Waals surface area contributed by atoms with Crippen molar-refractivity contribution in [2.45, 2.75) is 12.5 Å². The van der Waals surface area contributed by atoms with E-state index in [-0.39, 0.29) is 6.10 Å². The van der Waals surface area contributed by atoms with Crippen LogP contribution in [0.1, 0.15) is 18.1 Å². The van der Waals surface area contributed by atoms with Gasteiger partial charge >= 0.3 is 0 Å². The highest BCUT2D eigenvalue weighted by Gasteiger charge is 2.11. The molecule has 1 unspecified atom stereocenters. The van der Waals surface area contributed by atoms with Crippen molar-refractivity contribution in [1.29, 1.82) is 0 Å². The van der Waals surface area contributed by atoms with Gasteiger partial charge in [0.1, 0.15) is 0 Å². The summed E-state index contributed by atoms with van der Waals surface area (Å²) in [6, 6.07) is 8.23. The van der Waals surface area contributed by atoms with Gasteiger partial charge in [-0.3, -0.25) is 0 Å². The summed E-state index contributed by atoms with van der Waals surface area (Å²) < 4.78 is 11.9. The van der Waals surface area contributed by atoms with Gasteiger partial charge in [0.15, 0.2) is 0 Å². The Hall–Kier alpha value is -0.420. The van der Waals surface area contributed by atoms with Crippen LogP contribution in [-0.4, -0.2) is 33.9 Å². The highest BCUT2D eigenvalue weighted by Crippen LogP contribution is 2.20. The lowest BCUT2D eigenvalue weighted by molar-refractivity contribution is 0.0399. The summed E-state index contributed by atoms with van der Waals surface area (Å²) in [6.07, 6.45) is 1.01. The molecule has 4 heteroatoms. The molecule has 1 N–H and O–H groups in total. The number of hydrogen-bond donors (Lipinski definition) is 1. The zero-order chi connectivity index (χ0) is 12.5. The maximum absolute atomic E-state index is 5.86. The van der Waals surface area contributed by atoms with Gasteiger partial charge in [0.25, 0.3) is 0 Å². The van der Waals surface area contributed by atoms with Crippen LogP contribution < -0.4 is 5.32 Å². The zero-order valence-electron chi connectivity index (χ0n) is 10.4. The first-order valence-electron chi connectivity index (χ1n) is 5.78. The largest absolute Gasteiger partial charge is 0.385 e. The Balaban J connectivity index is 2.52. The van der Waals surface area contributed by atoms with Crippen molar-refractivity contribution in [2.75, 3.05) is 33.9 Å². The van der Waals surface area contributed by atoms with Gasteiger partial charge in [0, 0.05) is 31.3 Å². The number of benzene rings is 1. The van der Waals surface area contributed by atoms with Crippen LogP contribution in [0.2, 0.25) is 0 Å². The Morgan fingerprint density at radius 2 is 2.18 bits per heavy atom. The standard InChI is InChI=1S/C13H20BrNO2/c1-15-10-13(17-8-4-7-16-2)11-5-3-6-12(14)9-11/h3,5-6,9,13,15H,4,7-8,10H2,1-2H3. The van der Waals surface area contributed by atoms with Crippen molar-refractivity contribution >= 4 is 15.9 Å². The van der Waals surface area contributed by atoms with Crippen molar-refractivity contribution in [2.24, 2.45) is 0 Å². The van der Waals surface area contributed by atoms with Crippen LogP contribution in [0.25, 0.3) is 0 Å². The van der Waals surface area contributed by atoms with E-state index in [0.717, 1.165) is 24.0 Å². The molecule has 96 valence electrons. The highest BCUT2D eigenvalue weighted by atomic mass is 79.9. The summed E-state index contributed by atoms with van der Waals surface area (Å²) >= 11 is 3.48. The second-order valence-electron chi connectivity index (χ2n) is 3.82. The number of nitrogens with one attached hydrogen (secondary N) is 1. The van der Waals surface area contributed by atoms with E-state index in [1.165, 1.54) is 5.56 Å². The predicted molar refractivity (Wildman–Crippen MR) is 73.3 cm³/mol. The van der Waals surface area contributed by atoms with E-state index in [2.05, 4.69) is 33.4 Å². The number of rotatable bonds is 8. The molecule has 0 bridgehead atoms. The molecule has 1 aromatic rings. The molecule has 0 heterocycles. The summed E-state index contributed by atoms with van der Waals surface area (Å²) in [5.74, 6) is 0. The monoisotopic (exact) mass is 301 g/mol. The third kappa shape index (κ3) is 5.64. The first kappa shape index (κ1) is 14.6. The smallest absolute Gasteiger partial charge is 0.0949 e.